The molecule has 1 aromatic heterocycles. The molecule has 0 saturated heterocycles. The van der Waals surface area contributed by atoms with Gasteiger partial charge in [0.2, 0.25) is 0 Å². The largest absolute Gasteiger partial charge is 0.426 e. The minimum atomic E-state index is 0.566. The topological polar surface area (TPSA) is 41.3 Å². The average Bonchev–Trinajstić information content (AvgIpc) is 2.76. The predicted molar refractivity (Wildman–Crippen MR) is 81.4 cm³/mol. The molecule has 1 N–H and O–H groups in total. The lowest BCUT2D eigenvalue weighted by atomic mass is 10.2. The molecule has 20 heavy (non-hydrogen) atoms. The van der Waals surface area contributed by atoms with E-state index in [1.807, 2.05) is 68.4 Å². The quantitative estimate of drug-likeness (QED) is 0.724. The van der Waals surface area contributed by atoms with E-state index in [4.69, 9.17) is 0 Å². The van der Waals surface area contributed by atoms with E-state index in [0.29, 0.717) is 5.82 Å². The number of nitrogens with zero attached hydrogens (tertiary/aromatic N) is 3. The molecule has 0 aliphatic rings. The Labute approximate surface area is 117 Å². The first kappa shape index (κ1) is 12.5. The highest BCUT2D eigenvalue weighted by atomic mass is 16.5. The first-order valence-corrected chi connectivity index (χ1v) is 6.52. The maximum Gasteiger partial charge on any atom is 0.176 e. The molecule has 102 valence electrons. The van der Waals surface area contributed by atoms with Crippen molar-refractivity contribution in [3.63, 3.8) is 0 Å². The van der Waals surface area contributed by atoms with E-state index in [0.717, 1.165) is 32.6 Å². The molecule has 0 aliphatic carbocycles. The molecule has 2 aromatic carbocycles. The van der Waals surface area contributed by atoms with Crippen molar-refractivity contribution in [1.29, 1.82) is 0 Å². The molecule has 0 spiro atoms. The SMILES string of the molecule is Cc1ccc2nc(-c3ccc(N(C)C)cc3)n(O)c2c1. The second-order valence-corrected chi connectivity index (χ2v) is 5.18. The van der Waals surface area contributed by atoms with Gasteiger partial charge >= 0.3 is 0 Å². The smallest absolute Gasteiger partial charge is 0.176 e. The lowest BCUT2D eigenvalue weighted by Crippen LogP contribution is -2.08. The van der Waals surface area contributed by atoms with E-state index in [2.05, 4.69) is 4.98 Å². The number of rotatable bonds is 2. The predicted octanol–water partition coefficient (Wildman–Crippen LogP) is 3.32. The number of imidazole rings is 1. The molecule has 0 bridgehead atoms. The van der Waals surface area contributed by atoms with Crippen molar-refractivity contribution in [3.05, 3.63) is 48.0 Å². The first-order chi connectivity index (χ1) is 9.56. The standard InChI is InChI=1S/C16H17N3O/c1-11-4-9-14-15(10-11)19(20)16(17-14)12-5-7-13(8-6-12)18(2)3/h4-10,20H,1-3H3. The molecule has 0 unspecified atom stereocenters. The fraction of sp³-hybridized carbons (Fsp3) is 0.188. The summed E-state index contributed by atoms with van der Waals surface area (Å²) in [5, 5.41) is 10.3. The van der Waals surface area contributed by atoms with Crippen LogP contribution in [-0.2, 0) is 0 Å². The molecule has 0 radical (unpaired) electrons. The molecule has 3 rings (SSSR count). The fourth-order valence-corrected chi connectivity index (χ4v) is 2.27. The molecule has 3 aromatic rings. The van der Waals surface area contributed by atoms with E-state index in [1.165, 1.54) is 0 Å². The molecule has 0 fully saturated rings. The third-order valence-corrected chi connectivity index (χ3v) is 3.43. The molecule has 1 heterocycles. The van der Waals surface area contributed by atoms with Crippen molar-refractivity contribution in [2.45, 2.75) is 6.92 Å². The number of hydrogen-bond acceptors (Lipinski definition) is 3. The van der Waals surface area contributed by atoms with Gasteiger partial charge in [0.15, 0.2) is 5.82 Å². The van der Waals surface area contributed by atoms with Crippen molar-refractivity contribution in [2.75, 3.05) is 19.0 Å². The molecule has 0 amide bonds. The molecule has 4 nitrogen and oxygen atoms in total. The van der Waals surface area contributed by atoms with Crippen LogP contribution < -0.4 is 4.90 Å². The van der Waals surface area contributed by atoms with Crippen LogP contribution in [0.5, 0.6) is 0 Å². The lowest BCUT2D eigenvalue weighted by Gasteiger charge is -2.12. The Morgan fingerprint density at radius 1 is 1.05 bits per heavy atom. The number of benzene rings is 2. The summed E-state index contributed by atoms with van der Waals surface area (Å²) >= 11 is 0. The van der Waals surface area contributed by atoms with Crippen molar-refractivity contribution in [2.24, 2.45) is 0 Å². The summed E-state index contributed by atoms with van der Waals surface area (Å²) in [6.07, 6.45) is 0. The van der Waals surface area contributed by atoms with Gasteiger partial charge in [-0.2, -0.15) is 4.73 Å². The van der Waals surface area contributed by atoms with Crippen LogP contribution in [0.1, 0.15) is 5.56 Å². The second kappa shape index (κ2) is 4.56. The van der Waals surface area contributed by atoms with Crippen LogP contribution in [0.3, 0.4) is 0 Å². The summed E-state index contributed by atoms with van der Waals surface area (Å²) in [6.45, 7) is 2.00. The van der Waals surface area contributed by atoms with Gasteiger partial charge in [-0.05, 0) is 48.9 Å². The number of aryl methyl sites for hydroxylation is 1. The van der Waals surface area contributed by atoms with Crippen molar-refractivity contribution < 1.29 is 5.21 Å². The van der Waals surface area contributed by atoms with E-state index < -0.39 is 0 Å². The molecule has 4 heteroatoms. The van der Waals surface area contributed by atoms with E-state index in [9.17, 15) is 5.21 Å². The number of aromatic nitrogens is 2. The Morgan fingerprint density at radius 2 is 1.75 bits per heavy atom. The Balaban J connectivity index is 2.12. The first-order valence-electron chi connectivity index (χ1n) is 6.52. The summed E-state index contributed by atoms with van der Waals surface area (Å²) in [4.78, 5) is 6.53. The maximum absolute atomic E-state index is 10.3. The van der Waals surface area contributed by atoms with E-state index in [-0.39, 0.29) is 0 Å². The summed E-state index contributed by atoms with van der Waals surface area (Å²) in [6, 6.07) is 13.8. The number of anilines is 1. The van der Waals surface area contributed by atoms with Gasteiger partial charge in [0.05, 0.1) is 5.52 Å². The van der Waals surface area contributed by atoms with Crippen LogP contribution in [0.15, 0.2) is 42.5 Å². The summed E-state index contributed by atoms with van der Waals surface area (Å²) in [5.74, 6) is 0.566. The van der Waals surface area contributed by atoms with Crippen molar-refractivity contribution in [3.8, 4) is 11.4 Å². The monoisotopic (exact) mass is 267 g/mol. The highest BCUT2D eigenvalue weighted by molar-refractivity contribution is 5.81. The van der Waals surface area contributed by atoms with Gasteiger partial charge in [-0.3, -0.25) is 0 Å². The van der Waals surface area contributed by atoms with E-state index in [1.54, 1.807) is 0 Å². The van der Waals surface area contributed by atoms with Crippen LogP contribution in [-0.4, -0.2) is 29.0 Å². The molecule has 0 atom stereocenters. The minimum absolute atomic E-state index is 0.566. The zero-order valence-electron chi connectivity index (χ0n) is 11.8. The number of hydrogen-bond donors (Lipinski definition) is 1. The third kappa shape index (κ3) is 1.99. The van der Waals surface area contributed by atoms with Crippen LogP contribution in [0, 0.1) is 6.92 Å². The summed E-state index contributed by atoms with van der Waals surface area (Å²) in [5.41, 5.74) is 4.64. The van der Waals surface area contributed by atoms with Crippen molar-refractivity contribution >= 4 is 16.7 Å². The highest BCUT2D eigenvalue weighted by Gasteiger charge is 2.12. The Kier molecular flexibility index (Phi) is 2.86. The third-order valence-electron chi connectivity index (χ3n) is 3.43. The molecular weight excluding hydrogens is 250 g/mol. The van der Waals surface area contributed by atoms with E-state index >= 15 is 0 Å². The molecule has 0 aliphatic heterocycles. The van der Waals surface area contributed by atoms with Gasteiger partial charge in [0.1, 0.15) is 5.52 Å². The zero-order valence-corrected chi connectivity index (χ0v) is 11.8. The van der Waals surface area contributed by atoms with Gasteiger partial charge in [-0.25, -0.2) is 4.98 Å². The van der Waals surface area contributed by atoms with Gasteiger partial charge < -0.3 is 10.1 Å². The van der Waals surface area contributed by atoms with Gasteiger partial charge in [0.25, 0.3) is 0 Å². The minimum Gasteiger partial charge on any atom is -0.426 e. The van der Waals surface area contributed by atoms with Crippen LogP contribution in [0.2, 0.25) is 0 Å². The number of fused-ring (bicyclic) bond motifs is 1. The average molecular weight is 267 g/mol. The Morgan fingerprint density at radius 3 is 2.40 bits per heavy atom. The van der Waals surface area contributed by atoms with Gasteiger partial charge in [-0.1, -0.05) is 6.07 Å². The van der Waals surface area contributed by atoms with Crippen LogP contribution >= 0.6 is 0 Å². The van der Waals surface area contributed by atoms with Crippen molar-refractivity contribution in [1.82, 2.24) is 9.71 Å². The molecular formula is C16H17N3O. The van der Waals surface area contributed by atoms with Gasteiger partial charge in [-0.15, -0.1) is 0 Å². The lowest BCUT2D eigenvalue weighted by molar-refractivity contribution is 0.203. The zero-order chi connectivity index (χ0) is 14.3. The Bertz CT molecular complexity index is 757. The highest BCUT2D eigenvalue weighted by Crippen LogP contribution is 2.25. The molecule has 0 saturated carbocycles. The normalized spacial score (nSPS) is 10.9. The summed E-state index contributed by atoms with van der Waals surface area (Å²) < 4.78 is 1.16. The summed E-state index contributed by atoms with van der Waals surface area (Å²) in [7, 11) is 4.00. The second-order valence-electron chi connectivity index (χ2n) is 5.18. The maximum atomic E-state index is 10.3. The van der Waals surface area contributed by atoms with Crippen LogP contribution in [0.4, 0.5) is 5.69 Å². The van der Waals surface area contributed by atoms with Gasteiger partial charge in [0, 0.05) is 25.3 Å². The van der Waals surface area contributed by atoms with Crippen LogP contribution in [0.25, 0.3) is 22.4 Å². The fourth-order valence-electron chi connectivity index (χ4n) is 2.27. The Hall–Kier alpha value is -2.49.